The van der Waals surface area contributed by atoms with Crippen LogP contribution in [0.5, 0.6) is 0 Å². The van der Waals surface area contributed by atoms with Gasteiger partial charge in [-0.3, -0.25) is 4.79 Å². The lowest BCUT2D eigenvalue weighted by molar-refractivity contribution is 0.0940. The molecule has 0 spiro atoms. The Morgan fingerprint density at radius 2 is 2.11 bits per heavy atom. The topological polar surface area (TPSA) is 42.0 Å². The fourth-order valence-electron chi connectivity index (χ4n) is 1.64. The van der Waals surface area contributed by atoms with Gasteiger partial charge in [0.25, 0.3) is 5.91 Å². The molecule has 1 unspecified atom stereocenters. The lowest BCUT2D eigenvalue weighted by Gasteiger charge is -2.11. The fraction of sp³-hybridized carbons (Fsp3) is 0.286. The summed E-state index contributed by atoms with van der Waals surface area (Å²) in [5.74, 6) is -0.0888. The van der Waals surface area contributed by atoms with Crippen LogP contribution in [0.4, 0.5) is 0 Å². The molecule has 5 heteroatoms. The third kappa shape index (κ3) is 3.58. The third-order valence-corrected chi connectivity index (χ3v) is 4.39. The van der Waals surface area contributed by atoms with E-state index in [0.717, 1.165) is 16.3 Å². The third-order valence-electron chi connectivity index (χ3n) is 2.77. The van der Waals surface area contributed by atoms with Gasteiger partial charge in [-0.15, -0.1) is 24.0 Å². The summed E-state index contributed by atoms with van der Waals surface area (Å²) in [4.78, 5) is 18.5. The lowest BCUT2D eigenvalue weighted by Crippen LogP contribution is -2.26. The fourth-order valence-corrected chi connectivity index (χ4v) is 2.65. The Kier molecular flexibility index (Phi) is 4.61. The summed E-state index contributed by atoms with van der Waals surface area (Å²) in [5, 5.41) is 3.89. The predicted molar refractivity (Wildman–Crippen MR) is 81.1 cm³/mol. The van der Waals surface area contributed by atoms with Crippen molar-refractivity contribution >= 4 is 29.9 Å². The maximum atomic E-state index is 12.1. The molecule has 3 nitrogen and oxygen atoms in total. The van der Waals surface area contributed by atoms with E-state index < -0.39 is 0 Å². The molecule has 0 bridgehead atoms. The smallest absolute Gasteiger partial charge is 0.251 e. The van der Waals surface area contributed by atoms with Crippen LogP contribution in [-0.2, 0) is 6.42 Å². The zero-order valence-corrected chi connectivity index (χ0v) is 12.6. The molecule has 0 aliphatic carbocycles. The van der Waals surface area contributed by atoms with Crippen LogP contribution in [0, 0.1) is 0 Å². The van der Waals surface area contributed by atoms with Crippen LogP contribution in [0.15, 0.2) is 35.4 Å². The molecule has 0 saturated heterocycles. The molecule has 0 aliphatic heterocycles. The molecule has 1 aromatic heterocycles. The number of thiol groups is 1. The van der Waals surface area contributed by atoms with E-state index in [9.17, 15) is 4.79 Å². The number of aromatic nitrogens is 1. The molecule has 1 N–H and O–H groups in total. The van der Waals surface area contributed by atoms with Crippen molar-refractivity contribution in [2.45, 2.75) is 31.2 Å². The van der Waals surface area contributed by atoms with Gasteiger partial charge in [0.1, 0.15) is 5.01 Å². The van der Waals surface area contributed by atoms with Crippen molar-refractivity contribution in [1.29, 1.82) is 0 Å². The monoisotopic (exact) mass is 292 g/mol. The van der Waals surface area contributed by atoms with E-state index >= 15 is 0 Å². The van der Waals surface area contributed by atoms with Crippen LogP contribution >= 0.6 is 24.0 Å². The Labute approximate surface area is 122 Å². The standard InChI is InChI=1S/C14H16N2OS2/c1-3-12-8-15-14(19-12)9(2)16-13(17)10-4-6-11(18)7-5-10/h4-9,18H,3H2,1-2H3,(H,16,17). The molecule has 1 aromatic carbocycles. The van der Waals surface area contributed by atoms with E-state index in [1.807, 2.05) is 13.1 Å². The second-order valence-corrected chi connectivity index (χ2v) is 5.92. The quantitative estimate of drug-likeness (QED) is 0.847. The number of nitrogens with zero attached hydrogens (tertiary/aromatic N) is 1. The van der Waals surface area contributed by atoms with Crippen LogP contribution < -0.4 is 5.32 Å². The van der Waals surface area contributed by atoms with Gasteiger partial charge >= 0.3 is 0 Å². The molecule has 0 radical (unpaired) electrons. The highest BCUT2D eigenvalue weighted by Gasteiger charge is 2.14. The van der Waals surface area contributed by atoms with Gasteiger partial charge in [-0.05, 0) is 37.6 Å². The number of aryl methyl sites for hydroxylation is 1. The molecule has 2 aromatic rings. The zero-order valence-electron chi connectivity index (χ0n) is 10.9. The first-order chi connectivity index (χ1) is 9.10. The van der Waals surface area contributed by atoms with Crippen molar-refractivity contribution in [1.82, 2.24) is 10.3 Å². The molecule has 1 heterocycles. The summed E-state index contributed by atoms with van der Waals surface area (Å²) in [6.45, 7) is 4.04. The summed E-state index contributed by atoms with van der Waals surface area (Å²) in [7, 11) is 0. The summed E-state index contributed by atoms with van der Waals surface area (Å²) in [6.07, 6.45) is 2.85. The van der Waals surface area contributed by atoms with E-state index in [-0.39, 0.29) is 11.9 Å². The van der Waals surface area contributed by atoms with E-state index in [4.69, 9.17) is 0 Å². The molecular formula is C14H16N2OS2. The van der Waals surface area contributed by atoms with E-state index in [0.29, 0.717) is 5.56 Å². The van der Waals surface area contributed by atoms with Gasteiger partial charge in [-0.2, -0.15) is 0 Å². The van der Waals surface area contributed by atoms with Crippen LogP contribution in [0.2, 0.25) is 0 Å². The highest BCUT2D eigenvalue weighted by molar-refractivity contribution is 7.80. The highest BCUT2D eigenvalue weighted by atomic mass is 32.1. The van der Waals surface area contributed by atoms with Crippen molar-refractivity contribution < 1.29 is 4.79 Å². The summed E-state index contributed by atoms with van der Waals surface area (Å²) in [5.41, 5.74) is 0.636. The Bertz CT molecular complexity index is 563. The molecule has 100 valence electrons. The van der Waals surface area contributed by atoms with Gasteiger partial charge in [0.2, 0.25) is 0 Å². The Hall–Kier alpha value is -1.33. The van der Waals surface area contributed by atoms with Gasteiger partial charge in [0.05, 0.1) is 6.04 Å². The van der Waals surface area contributed by atoms with Crippen LogP contribution in [0.3, 0.4) is 0 Å². The molecular weight excluding hydrogens is 276 g/mol. The number of nitrogens with one attached hydrogen (secondary N) is 1. The van der Waals surface area contributed by atoms with E-state index in [1.165, 1.54) is 4.88 Å². The molecule has 0 aliphatic rings. The number of hydrogen-bond donors (Lipinski definition) is 2. The van der Waals surface area contributed by atoms with Crippen molar-refractivity contribution in [3.05, 3.63) is 45.9 Å². The number of carbonyl (C=O) groups excluding carboxylic acids is 1. The molecule has 2 rings (SSSR count). The summed E-state index contributed by atoms with van der Waals surface area (Å²) < 4.78 is 0. The maximum absolute atomic E-state index is 12.1. The van der Waals surface area contributed by atoms with Crippen molar-refractivity contribution in [3.63, 3.8) is 0 Å². The number of thiazole rings is 1. The first-order valence-electron chi connectivity index (χ1n) is 6.14. The number of benzene rings is 1. The maximum Gasteiger partial charge on any atom is 0.251 e. The van der Waals surface area contributed by atoms with Crippen molar-refractivity contribution in [3.8, 4) is 0 Å². The second kappa shape index (κ2) is 6.21. The Balaban J connectivity index is 2.04. The normalized spacial score (nSPS) is 12.2. The van der Waals surface area contributed by atoms with Gasteiger partial charge in [0, 0.05) is 21.5 Å². The number of amides is 1. The first-order valence-corrected chi connectivity index (χ1v) is 7.41. The minimum absolute atomic E-state index is 0.0755. The molecule has 19 heavy (non-hydrogen) atoms. The zero-order chi connectivity index (χ0) is 13.8. The molecule has 1 amide bonds. The van der Waals surface area contributed by atoms with Gasteiger partial charge < -0.3 is 5.32 Å². The molecule has 1 atom stereocenters. The van der Waals surface area contributed by atoms with Crippen molar-refractivity contribution in [2.75, 3.05) is 0 Å². The van der Waals surface area contributed by atoms with Gasteiger partial charge in [-0.25, -0.2) is 4.98 Å². The largest absolute Gasteiger partial charge is 0.343 e. The van der Waals surface area contributed by atoms with Crippen LogP contribution in [0.1, 0.15) is 40.1 Å². The van der Waals surface area contributed by atoms with E-state index in [1.54, 1.807) is 35.6 Å². The minimum atomic E-state index is -0.0888. The van der Waals surface area contributed by atoms with E-state index in [2.05, 4.69) is 29.9 Å². The van der Waals surface area contributed by atoms with Gasteiger partial charge in [0.15, 0.2) is 0 Å². The summed E-state index contributed by atoms with van der Waals surface area (Å²) in [6, 6.07) is 7.07. The molecule has 0 fully saturated rings. The minimum Gasteiger partial charge on any atom is -0.343 e. The second-order valence-electron chi connectivity index (χ2n) is 4.26. The Morgan fingerprint density at radius 3 is 2.68 bits per heavy atom. The van der Waals surface area contributed by atoms with Crippen LogP contribution in [-0.4, -0.2) is 10.9 Å². The van der Waals surface area contributed by atoms with Gasteiger partial charge in [-0.1, -0.05) is 6.92 Å². The first kappa shape index (κ1) is 14.1. The number of rotatable bonds is 4. The average molecular weight is 292 g/mol. The van der Waals surface area contributed by atoms with Crippen LogP contribution in [0.25, 0.3) is 0 Å². The van der Waals surface area contributed by atoms with Crippen molar-refractivity contribution in [2.24, 2.45) is 0 Å². The summed E-state index contributed by atoms with van der Waals surface area (Å²) >= 11 is 5.84. The number of hydrogen-bond acceptors (Lipinski definition) is 4. The molecule has 0 saturated carbocycles. The highest BCUT2D eigenvalue weighted by Crippen LogP contribution is 2.20. The number of carbonyl (C=O) groups is 1. The average Bonchev–Trinajstić information content (AvgIpc) is 2.88. The SMILES string of the molecule is CCc1cnc(C(C)NC(=O)c2ccc(S)cc2)s1. The predicted octanol–water partition coefficient (Wildman–Crippen LogP) is 3.49. The lowest BCUT2D eigenvalue weighted by atomic mass is 10.2. The Morgan fingerprint density at radius 1 is 1.42 bits per heavy atom.